The highest BCUT2D eigenvalue weighted by atomic mass is 16.3. The van der Waals surface area contributed by atoms with Gasteiger partial charge in [0.1, 0.15) is 11.5 Å². The topological polar surface area (TPSA) is 52.5 Å². The van der Waals surface area contributed by atoms with Crippen molar-refractivity contribution in [1.29, 1.82) is 0 Å². The molecule has 100 valence electrons. The van der Waals surface area contributed by atoms with Gasteiger partial charge in [-0.15, -0.1) is 0 Å². The highest BCUT2D eigenvalue weighted by Crippen LogP contribution is 2.33. The summed E-state index contributed by atoms with van der Waals surface area (Å²) in [6.45, 7) is 4.29. The summed E-state index contributed by atoms with van der Waals surface area (Å²) in [6, 6.07) is 5.37. The Kier molecular flexibility index (Phi) is 4.12. The molecule has 3 heteroatoms. The predicted octanol–water partition coefficient (Wildman–Crippen LogP) is 3.33. The molecule has 1 unspecified atom stereocenters. The Morgan fingerprint density at radius 1 is 1.11 bits per heavy atom. The van der Waals surface area contributed by atoms with Gasteiger partial charge in [-0.2, -0.15) is 0 Å². The standard InChI is InChI=1S/C15H23NO2/c1-10-6-8-12(9-7-10)16-11(2)15-13(17)4-3-5-14(15)18/h3-5,10-12,16-18H,6-9H2,1-2H3. The molecule has 0 aliphatic heterocycles. The van der Waals surface area contributed by atoms with Gasteiger partial charge in [0, 0.05) is 12.1 Å². The molecule has 2 rings (SSSR count). The monoisotopic (exact) mass is 249 g/mol. The second kappa shape index (κ2) is 5.61. The minimum absolute atomic E-state index is 0.0235. The third-order valence-electron chi connectivity index (χ3n) is 3.99. The number of phenols is 2. The summed E-state index contributed by atoms with van der Waals surface area (Å²) in [5.74, 6) is 1.16. The zero-order chi connectivity index (χ0) is 13.1. The number of hydrogen-bond donors (Lipinski definition) is 3. The predicted molar refractivity (Wildman–Crippen MR) is 72.7 cm³/mol. The van der Waals surface area contributed by atoms with Crippen LogP contribution in [0.2, 0.25) is 0 Å². The van der Waals surface area contributed by atoms with E-state index in [-0.39, 0.29) is 17.5 Å². The fraction of sp³-hybridized carbons (Fsp3) is 0.600. The summed E-state index contributed by atoms with van der Waals surface area (Å²) in [6.07, 6.45) is 4.88. The summed E-state index contributed by atoms with van der Waals surface area (Å²) in [7, 11) is 0. The Balaban J connectivity index is 2.01. The minimum Gasteiger partial charge on any atom is -0.507 e. The summed E-state index contributed by atoms with van der Waals surface area (Å²) >= 11 is 0. The molecule has 1 aliphatic rings. The lowest BCUT2D eigenvalue weighted by Crippen LogP contribution is -2.34. The van der Waals surface area contributed by atoms with E-state index in [1.54, 1.807) is 18.2 Å². The van der Waals surface area contributed by atoms with Gasteiger partial charge < -0.3 is 15.5 Å². The van der Waals surface area contributed by atoms with Gasteiger partial charge >= 0.3 is 0 Å². The van der Waals surface area contributed by atoms with Crippen molar-refractivity contribution in [2.24, 2.45) is 5.92 Å². The molecule has 3 N–H and O–H groups in total. The quantitative estimate of drug-likeness (QED) is 0.770. The number of hydrogen-bond acceptors (Lipinski definition) is 3. The van der Waals surface area contributed by atoms with Gasteiger partial charge in [-0.05, 0) is 50.7 Å². The Morgan fingerprint density at radius 2 is 1.67 bits per heavy atom. The van der Waals surface area contributed by atoms with Gasteiger partial charge in [0.2, 0.25) is 0 Å². The van der Waals surface area contributed by atoms with E-state index in [4.69, 9.17) is 0 Å². The van der Waals surface area contributed by atoms with Crippen molar-refractivity contribution in [3.05, 3.63) is 23.8 Å². The number of aromatic hydroxyl groups is 2. The maximum atomic E-state index is 9.83. The molecule has 1 fully saturated rings. The average molecular weight is 249 g/mol. The van der Waals surface area contributed by atoms with Gasteiger partial charge in [0.25, 0.3) is 0 Å². The molecular weight excluding hydrogens is 226 g/mol. The lowest BCUT2D eigenvalue weighted by atomic mass is 9.87. The van der Waals surface area contributed by atoms with Crippen LogP contribution in [0.3, 0.4) is 0 Å². The average Bonchev–Trinajstić information content (AvgIpc) is 2.32. The fourth-order valence-electron chi connectivity index (χ4n) is 2.85. The third-order valence-corrected chi connectivity index (χ3v) is 3.99. The van der Waals surface area contributed by atoms with Crippen molar-refractivity contribution in [1.82, 2.24) is 5.32 Å². The van der Waals surface area contributed by atoms with Crippen LogP contribution in [-0.4, -0.2) is 16.3 Å². The Morgan fingerprint density at radius 3 is 2.22 bits per heavy atom. The van der Waals surface area contributed by atoms with Crippen LogP contribution in [0.1, 0.15) is 51.1 Å². The van der Waals surface area contributed by atoms with E-state index in [9.17, 15) is 10.2 Å². The molecule has 1 aromatic carbocycles. The molecule has 1 saturated carbocycles. The van der Waals surface area contributed by atoms with Gasteiger partial charge in [-0.1, -0.05) is 13.0 Å². The molecule has 0 saturated heterocycles. The Labute approximate surface area is 109 Å². The number of benzene rings is 1. The lowest BCUT2D eigenvalue weighted by Gasteiger charge is -2.30. The molecule has 0 radical (unpaired) electrons. The lowest BCUT2D eigenvalue weighted by molar-refractivity contribution is 0.287. The van der Waals surface area contributed by atoms with Crippen LogP contribution in [0.5, 0.6) is 11.5 Å². The van der Waals surface area contributed by atoms with Crippen molar-refractivity contribution in [3.8, 4) is 11.5 Å². The molecule has 0 amide bonds. The molecule has 0 spiro atoms. The minimum atomic E-state index is -0.0235. The van der Waals surface area contributed by atoms with Crippen LogP contribution >= 0.6 is 0 Å². The van der Waals surface area contributed by atoms with Gasteiger partial charge in [0.15, 0.2) is 0 Å². The van der Waals surface area contributed by atoms with Crippen molar-refractivity contribution < 1.29 is 10.2 Å². The van der Waals surface area contributed by atoms with E-state index in [2.05, 4.69) is 12.2 Å². The van der Waals surface area contributed by atoms with Crippen molar-refractivity contribution in [2.75, 3.05) is 0 Å². The highest BCUT2D eigenvalue weighted by molar-refractivity contribution is 5.44. The van der Waals surface area contributed by atoms with Crippen LogP contribution < -0.4 is 5.32 Å². The van der Waals surface area contributed by atoms with Crippen molar-refractivity contribution in [3.63, 3.8) is 0 Å². The van der Waals surface area contributed by atoms with Crippen LogP contribution in [0.15, 0.2) is 18.2 Å². The maximum absolute atomic E-state index is 9.83. The Bertz CT molecular complexity index is 377. The van der Waals surface area contributed by atoms with Crippen LogP contribution in [0.4, 0.5) is 0 Å². The maximum Gasteiger partial charge on any atom is 0.124 e. The summed E-state index contributed by atoms with van der Waals surface area (Å²) in [5.41, 5.74) is 0.608. The van der Waals surface area contributed by atoms with E-state index in [0.29, 0.717) is 11.6 Å². The molecule has 0 bridgehead atoms. The fourth-order valence-corrected chi connectivity index (χ4v) is 2.85. The third kappa shape index (κ3) is 2.96. The first-order valence-corrected chi connectivity index (χ1v) is 6.84. The SMILES string of the molecule is CC1CCC(NC(C)c2c(O)cccc2O)CC1. The van der Waals surface area contributed by atoms with E-state index >= 15 is 0 Å². The zero-order valence-corrected chi connectivity index (χ0v) is 11.2. The molecule has 1 atom stereocenters. The number of rotatable bonds is 3. The van der Waals surface area contributed by atoms with Crippen LogP contribution in [0, 0.1) is 5.92 Å². The highest BCUT2D eigenvalue weighted by Gasteiger charge is 2.22. The molecule has 1 aromatic rings. The van der Waals surface area contributed by atoms with Crippen molar-refractivity contribution in [2.45, 2.75) is 51.6 Å². The summed E-state index contributed by atoms with van der Waals surface area (Å²) in [4.78, 5) is 0. The Hall–Kier alpha value is -1.22. The van der Waals surface area contributed by atoms with Crippen molar-refractivity contribution >= 4 is 0 Å². The first-order valence-electron chi connectivity index (χ1n) is 6.84. The van der Waals surface area contributed by atoms with Gasteiger partial charge in [0.05, 0.1) is 5.56 Å². The second-order valence-corrected chi connectivity index (χ2v) is 5.56. The van der Waals surface area contributed by atoms with Gasteiger partial charge in [-0.25, -0.2) is 0 Å². The number of phenolic OH excluding ortho intramolecular Hbond substituents is 2. The van der Waals surface area contributed by atoms with E-state index in [0.717, 1.165) is 5.92 Å². The second-order valence-electron chi connectivity index (χ2n) is 5.56. The largest absolute Gasteiger partial charge is 0.507 e. The van der Waals surface area contributed by atoms with Crippen LogP contribution in [-0.2, 0) is 0 Å². The molecular formula is C15H23NO2. The summed E-state index contributed by atoms with van der Waals surface area (Å²) < 4.78 is 0. The first kappa shape index (κ1) is 13.2. The number of nitrogens with one attached hydrogen (secondary N) is 1. The van der Waals surface area contributed by atoms with E-state index in [1.165, 1.54) is 25.7 Å². The van der Waals surface area contributed by atoms with E-state index < -0.39 is 0 Å². The van der Waals surface area contributed by atoms with Crippen LogP contribution in [0.25, 0.3) is 0 Å². The normalized spacial score (nSPS) is 25.9. The smallest absolute Gasteiger partial charge is 0.124 e. The molecule has 0 heterocycles. The zero-order valence-electron chi connectivity index (χ0n) is 11.2. The molecule has 1 aliphatic carbocycles. The van der Waals surface area contributed by atoms with E-state index in [1.807, 2.05) is 6.92 Å². The molecule has 3 nitrogen and oxygen atoms in total. The first-order chi connectivity index (χ1) is 8.58. The molecule has 0 aromatic heterocycles. The van der Waals surface area contributed by atoms with Gasteiger partial charge in [-0.3, -0.25) is 0 Å². The molecule has 18 heavy (non-hydrogen) atoms. The summed E-state index contributed by atoms with van der Waals surface area (Å²) in [5, 5.41) is 23.2.